The van der Waals surface area contributed by atoms with Gasteiger partial charge in [0.2, 0.25) is 0 Å². The first kappa shape index (κ1) is 20.5. The monoisotopic (exact) mass is 344 g/mol. The Morgan fingerprint density at radius 3 is 2.13 bits per heavy atom. The highest BCUT2D eigenvalue weighted by Gasteiger charge is 2.47. The van der Waals surface area contributed by atoms with Crippen molar-refractivity contribution in [1.82, 2.24) is 4.90 Å². The largest absolute Gasteiger partial charge is 0.444 e. The van der Waals surface area contributed by atoms with Crippen LogP contribution in [0, 0.1) is 0 Å². The molecule has 5 nitrogen and oxygen atoms in total. The highest BCUT2D eigenvalue weighted by atomic mass is 28.4. The number of hydrogen-bond acceptors (Lipinski definition) is 4. The molecular formula is C17H36N2O3Si. The van der Waals surface area contributed by atoms with Crippen LogP contribution in [0.3, 0.4) is 0 Å². The van der Waals surface area contributed by atoms with Gasteiger partial charge in [-0.25, -0.2) is 4.79 Å². The first-order valence-electron chi connectivity index (χ1n) is 8.59. The Labute approximate surface area is 143 Å². The van der Waals surface area contributed by atoms with Crippen molar-refractivity contribution in [3.63, 3.8) is 0 Å². The summed E-state index contributed by atoms with van der Waals surface area (Å²) in [4.78, 5) is 14.2. The van der Waals surface area contributed by atoms with E-state index in [9.17, 15) is 4.79 Å². The molecule has 0 aromatic carbocycles. The second-order valence-corrected chi connectivity index (χ2v) is 14.0. The summed E-state index contributed by atoms with van der Waals surface area (Å²) in [6.45, 7) is 19.4. The van der Waals surface area contributed by atoms with Crippen molar-refractivity contribution in [3.05, 3.63) is 0 Å². The molecule has 0 saturated carbocycles. The summed E-state index contributed by atoms with van der Waals surface area (Å²) >= 11 is 0. The molecule has 3 atom stereocenters. The Bertz CT molecular complexity index is 425. The summed E-state index contributed by atoms with van der Waals surface area (Å²) in [5, 5.41) is 0.134. The second kappa shape index (κ2) is 6.73. The van der Waals surface area contributed by atoms with Crippen molar-refractivity contribution < 1.29 is 14.0 Å². The Hall–Kier alpha value is -0.593. The maximum absolute atomic E-state index is 12.5. The van der Waals surface area contributed by atoms with Gasteiger partial charge in [-0.05, 0) is 52.2 Å². The molecule has 136 valence electrons. The molecule has 1 heterocycles. The zero-order chi connectivity index (χ0) is 18.2. The zero-order valence-corrected chi connectivity index (χ0v) is 17.4. The molecule has 2 N–H and O–H groups in total. The normalized spacial score (nSPS) is 24.7. The molecule has 1 saturated heterocycles. The molecule has 1 aliphatic rings. The molecule has 1 rings (SSSR count). The predicted octanol–water partition coefficient (Wildman–Crippen LogP) is 3.73. The maximum Gasteiger partial charge on any atom is 0.410 e. The average molecular weight is 345 g/mol. The van der Waals surface area contributed by atoms with Crippen LogP contribution in [0.5, 0.6) is 0 Å². The number of amides is 1. The number of nitrogens with zero attached hydrogens (tertiary/aromatic N) is 1. The van der Waals surface area contributed by atoms with Crippen LogP contribution in [0.25, 0.3) is 0 Å². The number of ether oxygens (including phenoxy) is 1. The van der Waals surface area contributed by atoms with Crippen LogP contribution in [-0.2, 0) is 9.16 Å². The third kappa shape index (κ3) is 5.19. The summed E-state index contributed by atoms with van der Waals surface area (Å²) in [5.41, 5.74) is 5.69. The molecule has 0 bridgehead atoms. The van der Waals surface area contributed by atoms with Gasteiger partial charge in [0.05, 0.1) is 12.1 Å². The van der Waals surface area contributed by atoms with Crippen LogP contribution in [0.1, 0.15) is 54.9 Å². The molecule has 0 aromatic heterocycles. The Kier molecular flexibility index (Phi) is 5.98. The Balaban J connectivity index is 2.91. The molecular weight excluding hydrogens is 308 g/mol. The Morgan fingerprint density at radius 2 is 1.74 bits per heavy atom. The summed E-state index contributed by atoms with van der Waals surface area (Å²) in [5.74, 6) is 0. The van der Waals surface area contributed by atoms with Gasteiger partial charge in [0.25, 0.3) is 0 Å². The van der Waals surface area contributed by atoms with Crippen LogP contribution >= 0.6 is 0 Å². The van der Waals surface area contributed by atoms with E-state index in [0.29, 0.717) is 6.54 Å². The zero-order valence-electron chi connectivity index (χ0n) is 16.4. The topological polar surface area (TPSA) is 64.8 Å². The van der Waals surface area contributed by atoms with Crippen LogP contribution in [0.4, 0.5) is 4.79 Å². The number of rotatable bonds is 3. The van der Waals surface area contributed by atoms with Gasteiger partial charge in [-0.1, -0.05) is 20.8 Å². The quantitative estimate of drug-likeness (QED) is 0.792. The minimum atomic E-state index is -1.90. The van der Waals surface area contributed by atoms with Crippen LogP contribution in [0.2, 0.25) is 18.1 Å². The number of carbonyl (C=O) groups is 1. The van der Waals surface area contributed by atoms with Crippen LogP contribution in [0.15, 0.2) is 0 Å². The average Bonchev–Trinajstić information content (AvgIpc) is 2.67. The predicted molar refractivity (Wildman–Crippen MR) is 97.1 cm³/mol. The lowest BCUT2D eigenvalue weighted by Crippen LogP contribution is -2.54. The maximum atomic E-state index is 12.5. The summed E-state index contributed by atoms with van der Waals surface area (Å²) in [6.07, 6.45) is 0.516. The van der Waals surface area contributed by atoms with Crippen LogP contribution < -0.4 is 5.73 Å². The fraction of sp³-hybridized carbons (Fsp3) is 0.941. The minimum Gasteiger partial charge on any atom is -0.444 e. The van der Waals surface area contributed by atoms with E-state index in [-0.39, 0.29) is 29.3 Å². The fourth-order valence-electron chi connectivity index (χ4n) is 2.63. The van der Waals surface area contributed by atoms with Crippen LogP contribution in [-0.4, -0.2) is 49.6 Å². The standard InChI is InChI=1S/C17H36N2O3Si/c1-12(18)14-13(22-23(8,9)17(5,6)7)10-11-19(14)15(20)21-16(2,3)4/h12-14H,10-11,18H2,1-9H3/t12-,13-,14+/m0/s1. The lowest BCUT2D eigenvalue weighted by Gasteiger charge is -2.41. The number of carbonyl (C=O) groups excluding carboxylic acids is 1. The van der Waals surface area contributed by atoms with Gasteiger partial charge >= 0.3 is 6.09 Å². The lowest BCUT2D eigenvalue weighted by molar-refractivity contribution is 0.0138. The van der Waals surface area contributed by atoms with Gasteiger partial charge in [-0.2, -0.15) is 0 Å². The van der Waals surface area contributed by atoms with E-state index in [2.05, 4.69) is 33.9 Å². The van der Waals surface area contributed by atoms with Gasteiger partial charge < -0.3 is 19.8 Å². The molecule has 6 heteroatoms. The number of hydrogen-bond donors (Lipinski definition) is 1. The SMILES string of the molecule is C[C@H](N)[C@@H]1[C@@H](O[Si](C)(C)C(C)(C)C)CCN1C(=O)OC(C)(C)C. The van der Waals surface area contributed by atoms with Gasteiger partial charge in [0, 0.05) is 12.6 Å². The smallest absolute Gasteiger partial charge is 0.410 e. The van der Waals surface area contributed by atoms with Crippen molar-refractivity contribution in [2.75, 3.05) is 6.54 Å². The van der Waals surface area contributed by atoms with E-state index in [1.165, 1.54) is 0 Å². The minimum absolute atomic E-state index is 0.0107. The molecule has 0 aliphatic carbocycles. The summed E-state index contributed by atoms with van der Waals surface area (Å²) in [7, 11) is -1.90. The van der Waals surface area contributed by atoms with Gasteiger partial charge in [0.1, 0.15) is 5.60 Å². The van der Waals surface area contributed by atoms with Gasteiger partial charge in [-0.15, -0.1) is 0 Å². The third-order valence-corrected chi connectivity index (χ3v) is 9.32. The van der Waals surface area contributed by atoms with E-state index in [4.69, 9.17) is 14.9 Å². The molecule has 1 amide bonds. The van der Waals surface area contributed by atoms with Crippen molar-refractivity contribution in [1.29, 1.82) is 0 Å². The molecule has 23 heavy (non-hydrogen) atoms. The molecule has 0 unspecified atom stereocenters. The number of likely N-dealkylation sites (tertiary alicyclic amines) is 1. The highest BCUT2D eigenvalue weighted by molar-refractivity contribution is 6.74. The first-order chi connectivity index (χ1) is 10.2. The van der Waals surface area contributed by atoms with Gasteiger partial charge in [-0.3, -0.25) is 0 Å². The lowest BCUT2D eigenvalue weighted by atomic mass is 10.1. The first-order valence-corrected chi connectivity index (χ1v) is 11.5. The fourth-order valence-corrected chi connectivity index (χ4v) is 3.99. The van der Waals surface area contributed by atoms with E-state index in [0.717, 1.165) is 6.42 Å². The molecule has 0 aromatic rings. The summed E-state index contributed by atoms with van der Waals surface area (Å²) in [6, 6.07) is -0.279. The van der Waals surface area contributed by atoms with E-state index < -0.39 is 13.9 Å². The molecule has 1 fully saturated rings. The molecule has 1 aliphatic heterocycles. The second-order valence-electron chi connectivity index (χ2n) is 9.23. The number of nitrogens with two attached hydrogens (primary N) is 1. The molecule has 0 spiro atoms. The van der Waals surface area contributed by atoms with E-state index in [1.54, 1.807) is 4.90 Å². The van der Waals surface area contributed by atoms with Crippen molar-refractivity contribution >= 4 is 14.4 Å². The van der Waals surface area contributed by atoms with E-state index in [1.807, 2.05) is 27.7 Å². The van der Waals surface area contributed by atoms with Crippen molar-refractivity contribution in [2.45, 2.75) is 96.8 Å². The van der Waals surface area contributed by atoms with Crippen molar-refractivity contribution in [3.8, 4) is 0 Å². The highest BCUT2D eigenvalue weighted by Crippen LogP contribution is 2.39. The van der Waals surface area contributed by atoms with Crippen molar-refractivity contribution in [2.24, 2.45) is 5.73 Å². The van der Waals surface area contributed by atoms with Gasteiger partial charge in [0.15, 0.2) is 8.32 Å². The van der Waals surface area contributed by atoms with E-state index >= 15 is 0 Å². The summed E-state index contributed by atoms with van der Waals surface area (Å²) < 4.78 is 12.1. The Morgan fingerprint density at radius 1 is 1.22 bits per heavy atom. The third-order valence-electron chi connectivity index (χ3n) is 4.81. The molecule has 0 radical (unpaired) electrons.